The van der Waals surface area contributed by atoms with Crippen LogP contribution in [0.3, 0.4) is 0 Å². The molecule has 2 nitrogen and oxygen atoms in total. The summed E-state index contributed by atoms with van der Waals surface area (Å²) in [6.45, 7) is 5.91. The smallest absolute Gasteiger partial charge is 0.0701 e. The Morgan fingerprint density at radius 3 is 2.75 bits per heavy atom. The summed E-state index contributed by atoms with van der Waals surface area (Å²) < 4.78 is 1.22. The molecular weight excluding hydrogens is 284 g/mol. The van der Waals surface area contributed by atoms with Gasteiger partial charge in [-0.15, -0.1) is 11.3 Å². The van der Waals surface area contributed by atoms with E-state index in [-0.39, 0.29) is 0 Å². The second-order valence-corrected chi connectivity index (χ2v) is 6.83. The van der Waals surface area contributed by atoms with E-state index < -0.39 is 0 Å². The highest BCUT2D eigenvalue weighted by Crippen LogP contribution is 2.21. The third kappa shape index (κ3) is 4.17. The standard InChI is InChI=1S/C12H19BrN2S/c13-12-5-4-11(16-12)10-14-6-9-15-7-2-1-3-8-15/h4-5,14H,1-3,6-10H2. The Kier molecular flexibility index (Phi) is 5.29. The second kappa shape index (κ2) is 6.74. The van der Waals surface area contributed by atoms with E-state index in [4.69, 9.17) is 0 Å². The van der Waals surface area contributed by atoms with Crippen molar-refractivity contribution in [3.63, 3.8) is 0 Å². The lowest BCUT2D eigenvalue weighted by Gasteiger charge is -2.26. The van der Waals surface area contributed by atoms with Gasteiger partial charge in [0.25, 0.3) is 0 Å². The third-order valence-corrected chi connectivity index (χ3v) is 4.61. The van der Waals surface area contributed by atoms with E-state index in [1.54, 1.807) is 0 Å². The molecule has 1 aliphatic rings. The molecule has 1 aromatic rings. The summed E-state index contributed by atoms with van der Waals surface area (Å²) in [7, 11) is 0. The van der Waals surface area contributed by atoms with Gasteiger partial charge in [-0.05, 0) is 54.0 Å². The maximum atomic E-state index is 3.51. The van der Waals surface area contributed by atoms with Gasteiger partial charge in [-0.2, -0.15) is 0 Å². The Labute approximate surface area is 110 Å². The highest BCUT2D eigenvalue weighted by atomic mass is 79.9. The maximum absolute atomic E-state index is 3.51. The van der Waals surface area contributed by atoms with E-state index in [0.717, 1.165) is 13.1 Å². The van der Waals surface area contributed by atoms with Gasteiger partial charge in [0.05, 0.1) is 3.79 Å². The number of likely N-dealkylation sites (tertiary alicyclic amines) is 1. The topological polar surface area (TPSA) is 15.3 Å². The van der Waals surface area contributed by atoms with Crippen LogP contribution in [0.1, 0.15) is 24.1 Å². The number of thiophene rings is 1. The number of hydrogen-bond donors (Lipinski definition) is 1. The molecule has 1 aromatic heterocycles. The fourth-order valence-electron chi connectivity index (χ4n) is 2.08. The molecule has 0 saturated carbocycles. The molecule has 0 bridgehead atoms. The highest BCUT2D eigenvalue weighted by molar-refractivity contribution is 9.11. The van der Waals surface area contributed by atoms with Crippen molar-refractivity contribution < 1.29 is 0 Å². The van der Waals surface area contributed by atoms with Crippen molar-refractivity contribution in [2.24, 2.45) is 0 Å². The van der Waals surface area contributed by atoms with Crippen LogP contribution < -0.4 is 5.32 Å². The predicted octanol–water partition coefficient (Wildman–Crippen LogP) is 3.09. The van der Waals surface area contributed by atoms with Crippen LogP contribution in [0.15, 0.2) is 15.9 Å². The first-order chi connectivity index (χ1) is 7.84. The van der Waals surface area contributed by atoms with Gasteiger partial charge in [-0.3, -0.25) is 0 Å². The normalized spacial score (nSPS) is 17.8. The Morgan fingerprint density at radius 1 is 1.25 bits per heavy atom. The van der Waals surface area contributed by atoms with Crippen LogP contribution >= 0.6 is 27.3 Å². The summed E-state index contributed by atoms with van der Waals surface area (Å²) in [5, 5.41) is 3.51. The van der Waals surface area contributed by atoms with Gasteiger partial charge in [-0.25, -0.2) is 0 Å². The fraction of sp³-hybridized carbons (Fsp3) is 0.667. The van der Waals surface area contributed by atoms with E-state index in [0.29, 0.717) is 0 Å². The predicted molar refractivity (Wildman–Crippen MR) is 74.0 cm³/mol. The summed E-state index contributed by atoms with van der Waals surface area (Å²) in [6.07, 6.45) is 4.20. The number of halogens is 1. The number of rotatable bonds is 5. The number of piperidine rings is 1. The zero-order valence-electron chi connectivity index (χ0n) is 9.54. The molecule has 0 amide bonds. The zero-order valence-corrected chi connectivity index (χ0v) is 11.9. The minimum Gasteiger partial charge on any atom is -0.311 e. The first-order valence-corrected chi connectivity index (χ1v) is 7.63. The Bertz CT molecular complexity index is 308. The van der Waals surface area contributed by atoms with E-state index in [9.17, 15) is 0 Å². The number of nitrogens with one attached hydrogen (secondary N) is 1. The van der Waals surface area contributed by atoms with Gasteiger partial charge < -0.3 is 10.2 Å². The Hall–Kier alpha value is 0.1000. The molecule has 16 heavy (non-hydrogen) atoms. The van der Waals surface area contributed by atoms with Crippen molar-refractivity contribution in [3.8, 4) is 0 Å². The molecule has 0 atom stereocenters. The molecule has 1 N–H and O–H groups in total. The lowest BCUT2D eigenvalue weighted by atomic mass is 10.1. The van der Waals surface area contributed by atoms with Gasteiger partial charge in [0, 0.05) is 24.5 Å². The molecule has 1 aliphatic heterocycles. The number of nitrogens with zero attached hydrogens (tertiary/aromatic N) is 1. The van der Waals surface area contributed by atoms with Crippen molar-refractivity contribution in [2.75, 3.05) is 26.2 Å². The van der Waals surface area contributed by atoms with Crippen LogP contribution in [0.25, 0.3) is 0 Å². The average Bonchev–Trinajstić information content (AvgIpc) is 2.72. The monoisotopic (exact) mass is 302 g/mol. The van der Waals surface area contributed by atoms with Crippen LogP contribution in [0.2, 0.25) is 0 Å². The molecule has 1 fully saturated rings. The van der Waals surface area contributed by atoms with Gasteiger partial charge >= 0.3 is 0 Å². The molecule has 0 aromatic carbocycles. The van der Waals surface area contributed by atoms with Gasteiger partial charge in [0.15, 0.2) is 0 Å². The van der Waals surface area contributed by atoms with Crippen molar-refractivity contribution in [2.45, 2.75) is 25.8 Å². The second-order valence-electron chi connectivity index (χ2n) is 4.28. The maximum Gasteiger partial charge on any atom is 0.0701 e. The average molecular weight is 303 g/mol. The molecule has 2 rings (SSSR count). The van der Waals surface area contributed by atoms with Gasteiger partial charge in [-0.1, -0.05) is 6.42 Å². The van der Waals surface area contributed by atoms with Crippen molar-refractivity contribution in [3.05, 3.63) is 20.8 Å². The molecule has 90 valence electrons. The van der Waals surface area contributed by atoms with Crippen LogP contribution in [-0.4, -0.2) is 31.1 Å². The first kappa shape index (κ1) is 12.6. The van der Waals surface area contributed by atoms with E-state index in [2.05, 4.69) is 38.3 Å². The van der Waals surface area contributed by atoms with Crippen molar-refractivity contribution >= 4 is 27.3 Å². The first-order valence-electron chi connectivity index (χ1n) is 6.02. The zero-order chi connectivity index (χ0) is 11.2. The van der Waals surface area contributed by atoms with E-state index >= 15 is 0 Å². The molecule has 0 unspecified atom stereocenters. The fourth-order valence-corrected chi connectivity index (χ4v) is 3.53. The summed E-state index contributed by atoms with van der Waals surface area (Å²) in [6, 6.07) is 4.30. The SMILES string of the molecule is Brc1ccc(CNCCN2CCCCC2)s1. The number of hydrogen-bond acceptors (Lipinski definition) is 3. The van der Waals surface area contributed by atoms with Crippen LogP contribution in [-0.2, 0) is 6.54 Å². The summed E-state index contributed by atoms with van der Waals surface area (Å²) in [5.74, 6) is 0. The summed E-state index contributed by atoms with van der Waals surface area (Å²) in [4.78, 5) is 3.98. The summed E-state index contributed by atoms with van der Waals surface area (Å²) >= 11 is 5.30. The van der Waals surface area contributed by atoms with Gasteiger partial charge in [0.1, 0.15) is 0 Å². The van der Waals surface area contributed by atoms with E-state index in [1.165, 1.54) is 47.6 Å². The minimum absolute atomic E-state index is 1.00. The minimum atomic E-state index is 1.00. The van der Waals surface area contributed by atoms with E-state index in [1.807, 2.05) is 11.3 Å². The molecule has 2 heterocycles. The van der Waals surface area contributed by atoms with Gasteiger partial charge in [0.2, 0.25) is 0 Å². The van der Waals surface area contributed by atoms with Crippen LogP contribution in [0.5, 0.6) is 0 Å². The summed E-state index contributed by atoms with van der Waals surface area (Å²) in [5.41, 5.74) is 0. The molecular formula is C12H19BrN2S. The van der Waals surface area contributed by atoms with Crippen LogP contribution in [0, 0.1) is 0 Å². The lowest BCUT2D eigenvalue weighted by molar-refractivity contribution is 0.229. The quantitative estimate of drug-likeness (QED) is 0.841. The molecule has 0 radical (unpaired) electrons. The van der Waals surface area contributed by atoms with Crippen molar-refractivity contribution in [1.29, 1.82) is 0 Å². The highest BCUT2D eigenvalue weighted by Gasteiger charge is 2.08. The van der Waals surface area contributed by atoms with Crippen molar-refractivity contribution in [1.82, 2.24) is 10.2 Å². The third-order valence-electron chi connectivity index (χ3n) is 2.98. The largest absolute Gasteiger partial charge is 0.311 e. The molecule has 0 aliphatic carbocycles. The van der Waals surface area contributed by atoms with Crippen LogP contribution in [0.4, 0.5) is 0 Å². The molecule has 0 spiro atoms. The Morgan fingerprint density at radius 2 is 2.06 bits per heavy atom. The molecule has 1 saturated heterocycles. The Balaban J connectivity index is 1.57. The molecule has 4 heteroatoms. The lowest BCUT2D eigenvalue weighted by Crippen LogP contribution is -2.35.